The van der Waals surface area contributed by atoms with Crippen molar-refractivity contribution in [3.63, 3.8) is 0 Å². The lowest BCUT2D eigenvalue weighted by Gasteiger charge is -2.32. The van der Waals surface area contributed by atoms with Crippen molar-refractivity contribution >= 4 is 33.3 Å². The van der Waals surface area contributed by atoms with E-state index in [1.54, 1.807) is 12.4 Å². The van der Waals surface area contributed by atoms with Crippen LogP contribution < -0.4 is 10.6 Å². The Hall–Kier alpha value is -1.69. The van der Waals surface area contributed by atoms with Crippen molar-refractivity contribution in [2.75, 3.05) is 18.0 Å². The molecule has 1 saturated heterocycles. The van der Waals surface area contributed by atoms with Gasteiger partial charge in [-0.25, -0.2) is 9.97 Å². The number of primary amides is 1. The van der Waals surface area contributed by atoms with E-state index in [2.05, 4.69) is 21.8 Å². The molecule has 0 aromatic carbocycles. The number of aromatic nitrogens is 2. The van der Waals surface area contributed by atoms with Crippen molar-refractivity contribution in [1.82, 2.24) is 9.97 Å². The molecule has 3 rings (SSSR count). The SMILES string of the molecule is CCC1CCN(c2ncnc3cc(C(N)=O)sc23)CC1. The summed E-state index contributed by atoms with van der Waals surface area (Å²) in [7, 11) is 0. The molecule has 0 atom stereocenters. The smallest absolute Gasteiger partial charge is 0.258 e. The number of nitrogens with zero attached hydrogens (tertiary/aromatic N) is 3. The Kier molecular flexibility index (Phi) is 3.56. The molecule has 0 unspecified atom stereocenters. The third kappa shape index (κ3) is 2.35. The van der Waals surface area contributed by atoms with Crippen LogP contribution in [-0.4, -0.2) is 29.0 Å². The van der Waals surface area contributed by atoms with Crippen molar-refractivity contribution < 1.29 is 4.79 Å². The van der Waals surface area contributed by atoms with Crippen LogP contribution in [0.4, 0.5) is 5.82 Å². The number of carbonyl (C=O) groups excluding carboxylic acids is 1. The maximum Gasteiger partial charge on any atom is 0.258 e. The fraction of sp³-hybridized carbons (Fsp3) is 0.500. The number of carbonyl (C=O) groups is 1. The quantitative estimate of drug-likeness (QED) is 0.942. The molecule has 0 spiro atoms. The molecule has 3 heterocycles. The zero-order valence-electron chi connectivity index (χ0n) is 11.5. The van der Waals surface area contributed by atoms with Gasteiger partial charge in [0.1, 0.15) is 12.1 Å². The Morgan fingerprint density at radius 3 is 2.85 bits per heavy atom. The molecule has 6 heteroatoms. The highest BCUT2D eigenvalue weighted by Crippen LogP contribution is 2.33. The molecular weight excluding hydrogens is 272 g/mol. The van der Waals surface area contributed by atoms with E-state index < -0.39 is 5.91 Å². The third-order valence-corrected chi connectivity index (χ3v) is 5.16. The number of fused-ring (bicyclic) bond motifs is 1. The molecule has 106 valence electrons. The lowest BCUT2D eigenvalue weighted by Crippen LogP contribution is -2.34. The topological polar surface area (TPSA) is 72.1 Å². The molecule has 0 saturated carbocycles. The van der Waals surface area contributed by atoms with Crippen LogP contribution in [0, 0.1) is 5.92 Å². The number of thiophene rings is 1. The Morgan fingerprint density at radius 1 is 1.45 bits per heavy atom. The molecule has 2 aromatic heterocycles. The highest BCUT2D eigenvalue weighted by molar-refractivity contribution is 7.21. The van der Waals surface area contributed by atoms with Crippen LogP contribution in [0.1, 0.15) is 35.9 Å². The fourth-order valence-electron chi connectivity index (χ4n) is 2.74. The van der Waals surface area contributed by atoms with E-state index in [1.807, 2.05) is 0 Å². The first-order chi connectivity index (χ1) is 9.69. The van der Waals surface area contributed by atoms with Gasteiger partial charge in [-0.15, -0.1) is 11.3 Å². The van der Waals surface area contributed by atoms with Crippen LogP contribution in [0.3, 0.4) is 0 Å². The minimum atomic E-state index is -0.399. The normalized spacial score (nSPS) is 16.8. The maximum absolute atomic E-state index is 11.3. The van der Waals surface area contributed by atoms with Gasteiger partial charge in [-0.2, -0.15) is 0 Å². The lowest BCUT2D eigenvalue weighted by molar-refractivity contribution is 0.100. The number of rotatable bonds is 3. The average molecular weight is 290 g/mol. The second kappa shape index (κ2) is 5.36. The largest absolute Gasteiger partial charge is 0.365 e. The lowest BCUT2D eigenvalue weighted by atomic mass is 9.94. The van der Waals surface area contributed by atoms with Gasteiger partial charge in [-0.1, -0.05) is 13.3 Å². The number of hydrogen-bond donors (Lipinski definition) is 1. The summed E-state index contributed by atoms with van der Waals surface area (Å²) >= 11 is 1.39. The summed E-state index contributed by atoms with van der Waals surface area (Å²) in [5.41, 5.74) is 6.16. The molecule has 0 radical (unpaired) electrons. The van der Waals surface area contributed by atoms with Gasteiger partial charge in [-0.05, 0) is 24.8 Å². The highest BCUT2D eigenvalue weighted by atomic mass is 32.1. The zero-order valence-corrected chi connectivity index (χ0v) is 12.3. The van der Waals surface area contributed by atoms with E-state index in [-0.39, 0.29) is 0 Å². The van der Waals surface area contributed by atoms with Crippen LogP contribution in [0.25, 0.3) is 10.2 Å². The number of amides is 1. The van der Waals surface area contributed by atoms with Gasteiger partial charge in [0.15, 0.2) is 0 Å². The number of piperidine rings is 1. The molecule has 2 aromatic rings. The van der Waals surface area contributed by atoms with Gasteiger partial charge in [0.25, 0.3) is 5.91 Å². The molecule has 1 fully saturated rings. The van der Waals surface area contributed by atoms with Crippen molar-refractivity contribution in [1.29, 1.82) is 0 Å². The van der Waals surface area contributed by atoms with Crippen molar-refractivity contribution in [2.24, 2.45) is 11.7 Å². The fourth-order valence-corrected chi connectivity index (χ4v) is 3.72. The Labute approximate surface area is 121 Å². The van der Waals surface area contributed by atoms with E-state index in [1.165, 1.54) is 30.6 Å². The Morgan fingerprint density at radius 2 is 2.20 bits per heavy atom. The molecule has 1 amide bonds. The van der Waals surface area contributed by atoms with Gasteiger partial charge >= 0.3 is 0 Å². The first kappa shape index (κ1) is 13.3. The average Bonchev–Trinajstić information content (AvgIpc) is 2.91. The summed E-state index contributed by atoms with van der Waals surface area (Å²) in [4.78, 5) is 22.8. The van der Waals surface area contributed by atoms with Crippen LogP contribution in [0.2, 0.25) is 0 Å². The summed E-state index contributed by atoms with van der Waals surface area (Å²) in [6.45, 7) is 4.30. The number of hydrogen-bond acceptors (Lipinski definition) is 5. The molecule has 2 N–H and O–H groups in total. The van der Waals surface area contributed by atoms with E-state index in [0.29, 0.717) is 4.88 Å². The van der Waals surface area contributed by atoms with Crippen LogP contribution in [0.5, 0.6) is 0 Å². The summed E-state index contributed by atoms with van der Waals surface area (Å²) < 4.78 is 0.969. The summed E-state index contributed by atoms with van der Waals surface area (Å²) in [5.74, 6) is 1.37. The first-order valence-corrected chi connectivity index (χ1v) is 7.80. The monoisotopic (exact) mass is 290 g/mol. The molecule has 0 aliphatic carbocycles. The highest BCUT2D eigenvalue weighted by Gasteiger charge is 2.22. The summed E-state index contributed by atoms with van der Waals surface area (Å²) in [6, 6.07) is 1.76. The van der Waals surface area contributed by atoms with E-state index in [4.69, 9.17) is 5.73 Å². The first-order valence-electron chi connectivity index (χ1n) is 6.98. The summed E-state index contributed by atoms with van der Waals surface area (Å²) in [6.07, 6.45) is 5.23. The van der Waals surface area contributed by atoms with Gasteiger partial charge in [0.05, 0.1) is 15.1 Å². The molecule has 5 nitrogen and oxygen atoms in total. The Bertz CT molecular complexity index is 631. The summed E-state index contributed by atoms with van der Waals surface area (Å²) in [5, 5.41) is 0. The van der Waals surface area contributed by atoms with Gasteiger partial charge in [0.2, 0.25) is 0 Å². The standard InChI is InChI=1S/C14H18N4OS/c1-2-9-3-5-18(6-4-9)14-12-10(16-8-17-14)7-11(20-12)13(15)19/h7-9H,2-6H2,1H3,(H2,15,19). The second-order valence-electron chi connectivity index (χ2n) is 5.23. The third-order valence-electron chi connectivity index (χ3n) is 4.03. The van der Waals surface area contributed by atoms with Crippen LogP contribution >= 0.6 is 11.3 Å². The van der Waals surface area contributed by atoms with Crippen molar-refractivity contribution in [2.45, 2.75) is 26.2 Å². The second-order valence-corrected chi connectivity index (χ2v) is 6.28. The molecule has 20 heavy (non-hydrogen) atoms. The predicted molar refractivity (Wildman–Crippen MR) is 81.2 cm³/mol. The van der Waals surface area contributed by atoms with E-state index in [9.17, 15) is 4.79 Å². The molecule has 1 aliphatic rings. The van der Waals surface area contributed by atoms with Gasteiger partial charge in [-0.3, -0.25) is 4.79 Å². The van der Waals surface area contributed by atoms with Gasteiger partial charge < -0.3 is 10.6 Å². The molecule has 1 aliphatic heterocycles. The number of nitrogens with two attached hydrogens (primary N) is 1. The minimum Gasteiger partial charge on any atom is -0.365 e. The van der Waals surface area contributed by atoms with Crippen molar-refractivity contribution in [3.05, 3.63) is 17.3 Å². The van der Waals surface area contributed by atoms with E-state index >= 15 is 0 Å². The van der Waals surface area contributed by atoms with E-state index in [0.717, 1.165) is 35.0 Å². The van der Waals surface area contributed by atoms with Crippen molar-refractivity contribution in [3.8, 4) is 0 Å². The van der Waals surface area contributed by atoms with Gasteiger partial charge in [0, 0.05) is 13.1 Å². The van der Waals surface area contributed by atoms with Crippen LogP contribution in [-0.2, 0) is 0 Å². The number of anilines is 1. The zero-order chi connectivity index (χ0) is 14.1. The maximum atomic E-state index is 11.3. The molecule has 0 bridgehead atoms. The molecular formula is C14H18N4OS. The Balaban J connectivity index is 1.93. The predicted octanol–water partition coefficient (Wildman–Crippen LogP) is 2.42. The van der Waals surface area contributed by atoms with Crippen LogP contribution in [0.15, 0.2) is 12.4 Å². The minimum absolute atomic E-state index is 0.399.